The molecule has 0 aliphatic rings. The molecule has 0 unspecified atom stereocenters. The Hall–Kier alpha value is -1.62. The molecule has 0 atom stereocenters. The van der Waals surface area contributed by atoms with Crippen LogP contribution in [0.25, 0.3) is 0 Å². The second-order valence-corrected chi connectivity index (χ2v) is 3.25. The first-order chi connectivity index (χ1) is 7.00. The standard InChI is InChI=1S/C9H10ClFN4/c1-5(14-15-9(12)13)6-2-3-8(11)7(10)4-6/h2-4H,1H3,(H4,12,13,15). The summed E-state index contributed by atoms with van der Waals surface area (Å²) in [6, 6.07) is 4.26. The van der Waals surface area contributed by atoms with Crippen molar-refractivity contribution in [1.82, 2.24) is 0 Å². The minimum Gasteiger partial charge on any atom is -0.369 e. The minimum absolute atomic E-state index is 0.0340. The first-order valence-electron chi connectivity index (χ1n) is 4.09. The average Bonchev–Trinajstić information content (AvgIpc) is 2.18. The fourth-order valence-electron chi connectivity index (χ4n) is 0.912. The Balaban J connectivity index is 3.02. The van der Waals surface area contributed by atoms with Gasteiger partial charge in [-0.15, -0.1) is 5.10 Å². The Morgan fingerprint density at radius 3 is 2.53 bits per heavy atom. The SMILES string of the molecule is CC(=NN=C(N)N)c1ccc(F)c(Cl)c1. The van der Waals surface area contributed by atoms with Crippen LogP contribution in [0.1, 0.15) is 12.5 Å². The predicted molar refractivity (Wildman–Crippen MR) is 59.4 cm³/mol. The molecule has 0 saturated carbocycles. The molecular weight excluding hydrogens is 219 g/mol. The van der Waals surface area contributed by atoms with Crippen LogP contribution < -0.4 is 11.5 Å². The molecular formula is C9H10ClFN4. The monoisotopic (exact) mass is 228 g/mol. The lowest BCUT2D eigenvalue weighted by Gasteiger charge is -2.00. The van der Waals surface area contributed by atoms with Crippen molar-refractivity contribution < 1.29 is 4.39 Å². The first-order valence-corrected chi connectivity index (χ1v) is 4.47. The molecule has 0 fully saturated rings. The van der Waals surface area contributed by atoms with Crippen molar-refractivity contribution >= 4 is 23.3 Å². The molecule has 15 heavy (non-hydrogen) atoms. The summed E-state index contributed by atoms with van der Waals surface area (Å²) in [6.45, 7) is 1.69. The predicted octanol–water partition coefficient (Wildman–Crippen LogP) is 1.48. The van der Waals surface area contributed by atoms with E-state index in [4.69, 9.17) is 23.1 Å². The Bertz CT molecular complexity index is 424. The second kappa shape index (κ2) is 4.75. The van der Waals surface area contributed by atoms with Crippen molar-refractivity contribution in [2.24, 2.45) is 21.7 Å². The molecule has 1 aromatic carbocycles. The van der Waals surface area contributed by atoms with Crippen molar-refractivity contribution in [3.63, 3.8) is 0 Å². The van der Waals surface area contributed by atoms with Crippen LogP contribution in [0.4, 0.5) is 4.39 Å². The molecule has 0 saturated heterocycles. The zero-order valence-corrected chi connectivity index (χ0v) is 8.79. The molecule has 0 radical (unpaired) electrons. The summed E-state index contributed by atoms with van der Waals surface area (Å²) >= 11 is 5.61. The van der Waals surface area contributed by atoms with Crippen LogP contribution in [0, 0.1) is 5.82 Å². The summed E-state index contributed by atoms with van der Waals surface area (Å²) in [5.74, 6) is -0.613. The lowest BCUT2D eigenvalue weighted by molar-refractivity contribution is 0.628. The molecule has 4 nitrogen and oxygen atoms in total. The number of guanidine groups is 1. The Kier molecular flexibility index (Phi) is 3.62. The van der Waals surface area contributed by atoms with Gasteiger partial charge in [-0.1, -0.05) is 17.7 Å². The molecule has 0 aliphatic carbocycles. The molecule has 4 N–H and O–H groups in total. The Morgan fingerprint density at radius 2 is 2.00 bits per heavy atom. The highest BCUT2D eigenvalue weighted by molar-refractivity contribution is 6.31. The van der Waals surface area contributed by atoms with Crippen molar-refractivity contribution in [3.05, 3.63) is 34.6 Å². The first kappa shape index (κ1) is 11.5. The van der Waals surface area contributed by atoms with Crippen LogP contribution in [0.2, 0.25) is 5.02 Å². The Morgan fingerprint density at radius 1 is 1.33 bits per heavy atom. The van der Waals surface area contributed by atoms with Crippen LogP contribution in [-0.4, -0.2) is 11.7 Å². The molecule has 0 bridgehead atoms. The molecule has 1 rings (SSSR count). The molecule has 1 aromatic rings. The highest BCUT2D eigenvalue weighted by Crippen LogP contribution is 2.16. The maximum Gasteiger partial charge on any atom is 0.211 e. The number of hydrogen-bond donors (Lipinski definition) is 2. The van der Waals surface area contributed by atoms with Gasteiger partial charge in [0.15, 0.2) is 0 Å². The third-order valence-electron chi connectivity index (χ3n) is 1.65. The molecule has 0 heterocycles. The number of rotatable bonds is 2. The van der Waals surface area contributed by atoms with E-state index in [9.17, 15) is 4.39 Å². The summed E-state index contributed by atoms with van der Waals surface area (Å²) in [7, 11) is 0. The summed E-state index contributed by atoms with van der Waals surface area (Å²) in [5.41, 5.74) is 11.4. The topological polar surface area (TPSA) is 76.8 Å². The fourth-order valence-corrected chi connectivity index (χ4v) is 1.09. The van der Waals surface area contributed by atoms with Gasteiger partial charge in [-0.2, -0.15) is 5.10 Å². The van der Waals surface area contributed by atoms with Gasteiger partial charge in [0.05, 0.1) is 10.7 Å². The quantitative estimate of drug-likeness (QED) is 0.457. The van der Waals surface area contributed by atoms with E-state index in [0.29, 0.717) is 11.3 Å². The van der Waals surface area contributed by atoms with E-state index in [1.807, 2.05) is 0 Å². The Labute approximate surface area is 91.4 Å². The maximum absolute atomic E-state index is 12.8. The lowest BCUT2D eigenvalue weighted by Crippen LogP contribution is -2.22. The largest absolute Gasteiger partial charge is 0.369 e. The van der Waals surface area contributed by atoms with Gasteiger partial charge >= 0.3 is 0 Å². The van der Waals surface area contributed by atoms with Gasteiger partial charge in [0.1, 0.15) is 5.82 Å². The normalized spacial score (nSPS) is 11.3. The minimum atomic E-state index is -0.477. The van der Waals surface area contributed by atoms with E-state index in [2.05, 4.69) is 10.2 Å². The van der Waals surface area contributed by atoms with Crippen LogP contribution in [-0.2, 0) is 0 Å². The highest BCUT2D eigenvalue weighted by atomic mass is 35.5. The maximum atomic E-state index is 12.8. The van der Waals surface area contributed by atoms with Crippen LogP contribution >= 0.6 is 11.6 Å². The van der Waals surface area contributed by atoms with E-state index >= 15 is 0 Å². The van der Waals surface area contributed by atoms with Crippen LogP contribution in [0.15, 0.2) is 28.4 Å². The molecule has 0 aromatic heterocycles. The van der Waals surface area contributed by atoms with Crippen molar-refractivity contribution in [2.45, 2.75) is 6.92 Å². The fraction of sp³-hybridized carbons (Fsp3) is 0.111. The summed E-state index contributed by atoms with van der Waals surface area (Å²) < 4.78 is 12.8. The zero-order chi connectivity index (χ0) is 11.4. The summed E-state index contributed by atoms with van der Waals surface area (Å²) in [6.07, 6.45) is 0. The number of nitrogens with two attached hydrogens (primary N) is 2. The third-order valence-corrected chi connectivity index (χ3v) is 1.94. The number of hydrogen-bond acceptors (Lipinski definition) is 2. The summed E-state index contributed by atoms with van der Waals surface area (Å²) in [5, 5.41) is 7.25. The lowest BCUT2D eigenvalue weighted by atomic mass is 10.1. The highest BCUT2D eigenvalue weighted by Gasteiger charge is 2.02. The van der Waals surface area contributed by atoms with Gasteiger partial charge in [-0.3, -0.25) is 0 Å². The van der Waals surface area contributed by atoms with E-state index in [-0.39, 0.29) is 11.0 Å². The number of nitrogens with zero attached hydrogens (tertiary/aromatic N) is 2. The molecule has 0 amide bonds. The van der Waals surface area contributed by atoms with Gasteiger partial charge in [0.25, 0.3) is 0 Å². The second-order valence-electron chi connectivity index (χ2n) is 2.84. The molecule has 0 spiro atoms. The van der Waals surface area contributed by atoms with E-state index in [1.165, 1.54) is 12.1 Å². The van der Waals surface area contributed by atoms with Gasteiger partial charge < -0.3 is 11.5 Å². The van der Waals surface area contributed by atoms with Gasteiger partial charge in [0, 0.05) is 0 Å². The van der Waals surface area contributed by atoms with Gasteiger partial charge in [0.2, 0.25) is 5.96 Å². The zero-order valence-electron chi connectivity index (χ0n) is 8.04. The van der Waals surface area contributed by atoms with E-state index in [1.54, 1.807) is 13.0 Å². The average molecular weight is 229 g/mol. The van der Waals surface area contributed by atoms with Gasteiger partial charge in [-0.25, -0.2) is 4.39 Å². The number of benzene rings is 1. The van der Waals surface area contributed by atoms with Crippen molar-refractivity contribution in [3.8, 4) is 0 Å². The van der Waals surface area contributed by atoms with Crippen molar-refractivity contribution in [2.75, 3.05) is 0 Å². The summed E-state index contributed by atoms with van der Waals surface area (Å²) in [4.78, 5) is 0. The van der Waals surface area contributed by atoms with Crippen molar-refractivity contribution in [1.29, 1.82) is 0 Å². The third kappa shape index (κ3) is 3.21. The molecule has 0 aliphatic heterocycles. The molecule has 6 heteroatoms. The molecule has 80 valence electrons. The van der Waals surface area contributed by atoms with E-state index < -0.39 is 5.82 Å². The number of halogens is 2. The van der Waals surface area contributed by atoms with Gasteiger partial charge in [-0.05, 0) is 24.6 Å². The van der Waals surface area contributed by atoms with Crippen LogP contribution in [0.5, 0.6) is 0 Å². The van der Waals surface area contributed by atoms with E-state index in [0.717, 1.165) is 0 Å². The smallest absolute Gasteiger partial charge is 0.211 e. The van der Waals surface area contributed by atoms with Crippen LogP contribution in [0.3, 0.4) is 0 Å².